The Bertz CT molecular complexity index is 1070. The van der Waals surface area contributed by atoms with Crippen LogP contribution in [0, 0.1) is 5.41 Å². The molecule has 2 aliphatic heterocycles. The van der Waals surface area contributed by atoms with Gasteiger partial charge in [0.1, 0.15) is 11.5 Å². The smallest absolute Gasteiger partial charge is 0.403 e. The number of hydrogen-bond donors (Lipinski definition) is 2. The summed E-state index contributed by atoms with van der Waals surface area (Å²) >= 11 is 6.28. The van der Waals surface area contributed by atoms with Crippen molar-refractivity contribution in [2.24, 2.45) is 5.41 Å². The molecule has 2 heterocycles. The minimum atomic E-state index is -4.83. The summed E-state index contributed by atoms with van der Waals surface area (Å²) < 4.78 is 66.8. The van der Waals surface area contributed by atoms with E-state index in [4.69, 9.17) is 11.6 Å². The molecule has 1 amide bonds. The third-order valence-corrected chi connectivity index (χ3v) is 9.27. The summed E-state index contributed by atoms with van der Waals surface area (Å²) in [4.78, 5) is 26.8. The standard InChI is InChI=1S/C20H23ClF3N3O5S/c21-14-9-12(26-7-5-25-6-8-26)1-2-16(14)33(31,32)13-10-15(17(28)29)27(11-13)18(30)19(3-4-19)20(22,23)24/h1-2,9,13,15,25H,3-8,10-11H2,(H,28,29)/t13-,15+/m1/s1. The molecule has 0 unspecified atom stereocenters. The van der Waals surface area contributed by atoms with Gasteiger partial charge in [0.05, 0.1) is 15.2 Å². The number of carbonyl (C=O) groups is 2. The number of nitrogens with zero attached hydrogens (tertiary/aromatic N) is 2. The number of halogens is 4. The number of rotatable bonds is 5. The number of carboxylic acid groups (broad SMARTS) is 1. The second-order valence-electron chi connectivity index (χ2n) is 8.65. The Hall–Kier alpha value is -2.05. The molecule has 1 aromatic carbocycles. The molecule has 1 aromatic rings. The van der Waals surface area contributed by atoms with Crippen molar-refractivity contribution in [2.45, 2.75) is 41.6 Å². The summed E-state index contributed by atoms with van der Waals surface area (Å²) in [6, 6.07) is 2.78. The maximum atomic E-state index is 13.4. The monoisotopic (exact) mass is 509 g/mol. The summed E-state index contributed by atoms with van der Waals surface area (Å²) in [6.45, 7) is 2.32. The third kappa shape index (κ3) is 4.17. The molecular formula is C20H23ClF3N3O5S. The fourth-order valence-electron chi connectivity index (χ4n) is 4.52. The van der Waals surface area contributed by atoms with Crippen LogP contribution in [0.1, 0.15) is 19.3 Å². The van der Waals surface area contributed by atoms with Crippen LogP contribution in [-0.2, 0) is 19.4 Å². The van der Waals surface area contributed by atoms with E-state index in [1.165, 1.54) is 12.1 Å². The number of hydrogen-bond acceptors (Lipinski definition) is 6. The van der Waals surface area contributed by atoms with Gasteiger partial charge in [-0.25, -0.2) is 13.2 Å². The van der Waals surface area contributed by atoms with Crippen LogP contribution in [0.3, 0.4) is 0 Å². The Morgan fingerprint density at radius 1 is 1.18 bits per heavy atom. The molecule has 3 aliphatic rings. The van der Waals surface area contributed by atoms with Crippen LogP contribution in [0.5, 0.6) is 0 Å². The van der Waals surface area contributed by atoms with Crippen molar-refractivity contribution in [1.29, 1.82) is 0 Å². The summed E-state index contributed by atoms with van der Waals surface area (Å²) in [6.07, 6.45) is -6.20. The Morgan fingerprint density at radius 3 is 2.33 bits per heavy atom. The van der Waals surface area contributed by atoms with Gasteiger partial charge in [-0.1, -0.05) is 11.6 Å². The van der Waals surface area contributed by atoms with E-state index in [9.17, 15) is 36.3 Å². The van der Waals surface area contributed by atoms with Crippen LogP contribution >= 0.6 is 11.6 Å². The summed E-state index contributed by atoms with van der Waals surface area (Å²) in [5.41, 5.74) is -1.89. The van der Waals surface area contributed by atoms with Crippen molar-refractivity contribution in [2.75, 3.05) is 37.6 Å². The molecule has 3 fully saturated rings. The highest BCUT2D eigenvalue weighted by Crippen LogP contribution is 2.59. The highest BCUT2D eigenvalue weighted by atomic mass is 35.5. The van der Waals surface area contributed by atoms with Crippen LogP contribution in [0.4, 0.5) is 18.9 Å². The summed E-state index contributed by atoms with van der Waals surface area (Å²) in [5, 5.41) is 11.3. The first kappa shape index (κ1) is 24.1. The maximum absolute atomic E-state index is 13.4. The van der Waals surface area contributed by atoms with Gasteiger partial charge in [-0.3, -0.25) is 4.79 Å². The fourth-order valence-corrected chi connectivity index (χ4v) is 6.76. The molecule has 0 bridgehead atoms. The normalized spacial score (nSPS) is 25.2. The number of nitrogens with one attached hydrogen (secondary N) is 1. The average Bonchev–Trinajstić information content (AvgIpc) is 3.45. The Balaban J connectivity index is 1.59. The number of likely N-dealkylation sites (tertiary alicyclic amines) is 1. The number of sulfone groups is 1. The van der Waals surface area contributed by atoms with E-state index < -0.39 is 70.4 Å². The molecule has 2 atom stereocenters. The van der Waals surface area contributed by atoms with Crippen molar-refractivity contribution in [3.63, 3.8) is 0 Å². The molecule has 1 saturated carbocycles. The first-order valence-electron chi connectivity index (χ1n) is 10.5. The second-order valence-corrected chi connectivity index (χ2v) is 11.2. The first-order valence-corrected chi connectivity index (χ1v) is 12.4. The van der Waals surface area contributed by atoms with E-state index in [0.717, 1.165) is 18.8 Å². The van der Waals surface area contributed by atoms with Gasteiger partial charge in [0.2, 0.25) is 5.91 Å². The molecule has 0 spiro atoms. The molecule has 8 nitrogen and oxygen atoms in total. The number of carboxylic acids is 1. The van der Waals surface area contributed by atoms with E-state index in [1.807, 2.05) is 4.90 Å². The van der Waals surface area contributed by atoms with E-state index >= 15 is 0 Å². The van der Waals surface area contributed by atoms with Crippen molar-refractivity contribution in [3.8, 4) is 0 Å². The highest BCUT2D eigenvalue weighted by molar-refractivity contribution is 7.92. The minimum Gasteiger partial charge on any atom is -0.480 e. The molecule has 13 heteroatoms. The Labute approximate surface area is 193 Å². The van der Waals surface area contributed by atoms with Crippen LogP contribution in [0.2, 0.25) is 5.02 Å². The SMILES string of the molecule is O=C(O)[C@@H]1C[C@@H](S(=O)(=O)c2ccc(N3CCNCC3)cc2Cl)CN1C(=O)C1(C(F)(F)F)CC1. The third-order valence-electron chi connectivity index (χ3n) is 6.65. The fraction of sp³-hybridized carbons (Fsp3) is 0.600. The van der Waals surface area contributed by atoms with Gasteiger partial charge in [-0.2, -0.15) is 13.2 Å². The first-order chi connectivity index (χ1) is 15.4. The number of benzene rings is 1. The highest BCUT2D eigenvalue weighted by Gasteiger charge is 2.70. The number of carbonyl (C=O) groups excluding carboxylic acids is 1. The predicted octanol–water partition coefficient (Wildman–Crippen LogP) is 1.92. The maximum Gasteiger partial charge on any atom is 0.403 e. The molecule has 4 rings (SSSR count). The van der Waals surface area contributed by atoms with Gasteiger partial charge in [0.15, 0.2) is 9.84 Å². The number of alkyl halides is 3. The summed E-state index contributed by atoms with van der Waals surface area (Å²) in [5.74, 6) is -2.92. The molecule has 1 aliphatic carbocycles. The van der Waals surface area contributed by atoms with Gasteiger partial charge in [-0.15, -0.1) is 0 Å². The average molecular weight is 510 g/mol. The summed E-state index contributed by atoms with van der Waals surface area (Å²) in [7, 11) is -4.21. The van der Waals surface area contributed by atoms with Gasteiger partial charge < -0.3 is 20.2 Å². The van der Waals surface area contributed by atoms with Crippen molar-refractivity contribution < 1.29 is 36.3 Å². The minimum absolute atomic E-state index is 0.0587. The van der Waals surface area contributed by atoms with Crippen LogP contribution in [0.15, 0.2) is 23.1 Å². The topological polar surface area (TPSA) is 107 Å². The molecule has 2 saturated heterocycles. The molecule has 33 heavy (non-hydrogen) atoms. The predicted molar refractivity (Wildman–Crippen MR) is 113 cm³/mol. The lowest BCUT2D eigenvalue weighted by Gasteiger charge is -2.29. The molecular weight excluding hydrogens is 487 g/mol. The zero-order valence-corrected chi connectivity index (χ0v) is 19.0. The number of piperazine rings is 1. The molecule has 182 valence electrons. The lowest BCUT2D eigenvalue weighted by atomic mass is 10.0. The lowest BCUT2D eigenvalue weighted by Crippen LogP contribution is -2.48. The van der Waals surface area contributed by atoms with E-state index in [2.05, 4.69) is 5.32 Å². The van der Waals surface area contributed by atoms with Gasteiger partial charge in [0.25, 0.3) is 0 Å². The number of amides is 1. The number of aliphatic carboxylic acids is 1. The van der Waals surface area contributed by atoms with E-state index in [1.54, 1.807) is 6.07 Å². The lowest BCUT2D eigenvalue weighted by molar-refractivity contribution is -0.199. The number of anilines is 1. The second kappa shape index (κ2) is 8.31. The quantitative estimate of drug-likeness (QED) is 0.624. The van der Waals surface area contributed by atoms with Crippen molar-refractivity contribution in [1.82, 2.24) is 10.2 Å². The van der Waals surface area contributed by atoms with E-state index in [0.29, 0.717) is 18.0 Å². The Morgan fingerprint density at radius 2 is 1.82 bits per heavy atom. The molecule has 0 radical (unpaired) electrons. The van der Waals surface area contributed by atoms with Gasteiger partial charge >= 0.3 is 12.1 Å². The van der Waals surface area contributed by atoms with Crippen molar-refractivity contribution >= 4 is 39.0 Å². The van der Waals surface area contributed by atoms with Crippen LogP contribution < -0.4 is 10.2 Å². The zero-order valence-electron chi connectivity index (χ0n) is 17.4. The van der Waals surface area contributed by atoms with Crippen LogP contribution in [0.25, 0.3) is 0 Å². The molecule has 2 N–H and O–H groups in total. The zero-order chi connectivity index (χ0) is 24.2. The van der Waals surface area contributed by atoms with Gasteiger partial charge in [-0.05, 0) is 37.5 Å². The van der Waals surface area contributed by atoms with Gasteiger partial charge in [0, 0.05) is 38.4 Å². The van der Waals surface area contributed by atoms with E-state index in [-0.39, 0.29) is 9.92 Å². The van der Waals surface area contributed by atoms with Crippen molar-refractivity contribution in [3.05, 3.63) is 23.2 Å². The Kier molecular flexibility index (Phi) is 6.07. The van der Waals surface area contributed by atoms with Crippen LogP contribution in [-0.4, -0.2) is 80.5 Å². The molecule has 0 aromatic heterocycles. The largest absolute Gasteiger partial charge is 0.480 e.